The number of nitrogens with zero attached hydrogens (tertiary/aromatic N) is 4. The topological polar surface area (TPSA) is 63.2 Å². The van der Waals surface area contributed by atoms with E-state index in [0.717, 1.165) is 49.5 Å². The summed E-state index contributed by atoms with van der Waals surface area (Å²) >= 11 is 8.42. The number of ether oxygens (including phenoxy) is 1. The minimum atomic E-state index is -0.518. The van der Waals surface area contributed by atoms with Crippen LogP contribution in [0.25, 0.3) is 32.9 Å². The summed E-state index contributed by atoms with van der Waals surface area (Å²) in [6.45, 7) is 2.80. The molecule has 2 aliphatic heterocycles. The third-order valence-corrected chi connectivity index (χ3v) is 9.38. The monoisotopic (exact) mass is 537 g/mol. The Labute approximate surface area is 225 Å². The van der Waals surface area contributed by atoms with Gasteiger partial charge in [0.15, 0.2) is 5.82 Å². The second kappa shape index (κ2) is 9.89. The fraction of sp³-hybridized carbons (Fsp3) is 0.393. The molecule has 9 heteroatoms. The van der Waals surface area contributed by atoms with Crippen LogP contribution in [0, 0.1) is 11.2 Å². The van der Waals surface area contributed by atoms with Crippen LogP contribution in [-0.4, -0.2) is 58.2 Å². The Morgan fingerprint density at radius 3 is 2.65 bits per heavy atom. The maximum atomic E-state index is 16.1. The average molecular weight is 538 g/mol. The maximum Gasteiger partial charge on any atom is 0.319 e. The molecule has 192 valence electrons. The lowest BCUT2D eigenvalue weighted by atomic mass is 9.74. The molecular weight excluding hydrogens is 509 g/mol. The Balaban J connectivity index is 1.41. The standard InChI is InChI=1S/C28H29ClFN5OS/c1-31-25-19-15-32-23(18-9-3-7-17-8-4-10-20(29)21(17)18)22(30)24(19)33-27(34-25)36-16-28-11-5-13-35(14-6-12-28)26(28)37-2/h3-4,7-10,15,26H,5-6,11-14,16H2,1-2H3,(H,31,33,34). The molecule has 2 bridgehead atoms. The second-order valence-corrected chi connectivity index (χ2v) is 11.2. The van der Waals surface area contributed by atoms with E-state index >= 15 is 4.39 Å². The molecule has 0 amide bonds. The van der Waals surface area contributed by atoms with Crippen LogP contribution in [0.1, 0.15) is 25.7 Å². The first-order chi connectivity index (χ1) is 18.0. The summed E-state index contributed by atoms with van der Waals surface area (Å²) in [5, 5.41) is 6.22. The molecule has 6 nitrogen and oxygen atoms in total. The molecule has 6 rings (SSSR count). The Morgan fingerprint density at radius 2 is 1.92 bits per heavy atom. The fourth-order valence-electron chi connectivity index (χ4n) is 6.17. The number of hydrogen-bond acceptors (Lipinski definition) is 7. The Bertz CT molecular complexity index is 1470. The maximum absolute atomic E-state index is 16.1. The normalized spacial score (nSPS) is 23.4. The molecule has 0 aliphatic carbocycles. The lowest BCUT2D eigenvalue weighted by Gasteiger charge is -2.52. The van der Waals surface area contributed by atoms with E-state index in [1.165, 1.54) is 0 Å². The van der Waals surface area contributed by atoms with E-state index in [-0.39, 0.29) is 22.6 Å². The van der Waals surface area contributed by atoms with Gasteiger partial charge in [0.1, 0.15) is 17.0 Å². The van der Waals surface area contributed by atoms with Crippen molar-refractivity contribution in [3.63, 3.8) is 0 Å². The second-order valence-electron chi connectivity index (χ2n) is 9.91. The van der Waals surface area contributed by atoms with Crippen molar-refractivity contribution < 1.29 is 9.13 Å². The van der Waals surface area contributed by atoms with Crippen molar-refractivity contribution in [2.45, 2.75) is 31.1 Å². The molecule has 0 spiro atoms. The lowest BCUT2D eigenvalue weighted by Crippen LogP contribution is -2.56. The molecule has 2 aliphatic rings. The van der Waals surface area contributed by atoms with E-state index in [4.69, 9.17) is 16.3 Å². The van der Waals surface area contributed by atoms with E-state index in [0.29, 0.717) is 33.8 Å². The van der Waals surface area contributed by atoms with Gasteiger partial charge in [-0.25, -0.2) is 4.39 Å². The molecule has 4 aromatic rings. The van der Waals surface area contributed by atoms with Crippen LogP contribution in [0.5, 0.6) is 6.01 Å². The minimum Gasteiger partial charge on any atom is -0.463 e. The molecule has 2 saturated heterocycles. The Kier molecular flexibility index (Phi) is 6.59. The van der Waals surface area contributed by atoms with Crippen molar-refractivity contribution in [2.24, 2.45) is 5.41 Å². The highest BCUT2D eigenvalue weighted by atomic mass is 35.5. The SMILES string of the molecule is CNc1nc(OCC23CCCN(CCC2)C3SC)nc2c(F)c(-c3cccc4cccc(Cl)c34)ncc12. The molecule has 1 N–H and O–H groups in total. The van der Waals surface area contributed by atoms with Gasteiger partial charge in [0, 0.05) is 34.6 Å². The van der Waals surface area contributed by atoms with Gasteiger partial charge in [-0.1, -0.05) is 41.9 Å². The Hall–Kier alpha value is -2.68. The van der Waals surface area contributed by atoms with E-state index in [9.17, 15) is 0 Å². The lowest BCUT2D eigenvalue weighted by molar-refractivity contribution is -0.0173. The van der Waals surface area contributed by atoms with Gasteiger partial charge in [-0.15, -0.1) is 11.8 Å². The van der Waals surface area contributed by atoms with Gasteiger partial charge in [-0.2, -0.15) is 9.97 Å². The van der Waals surface area contributed by atoms with Crippen LogP contribution >= 0.6 is 23.4 Å². The zero-order valence-corrected chi connectivity index (χ0v) is 22.5. The zero-order chi connectivity index (χ0) is 25.6. The first-order valence-corrected chi connectivity index (χ1v) is 14.3. The predicted molar refractivity (Wildman–Crippen MR) is 150 cm³/mol. The first kappa shape index (κ1) is 24.6. The third-order valence-electron chi connectivity index (χ3n) is 7.82. The molecule has 2 fully saturated rings. The van der Waals surface area contributed by atoms with Crippen LogP contribution in [0.3, 0.4) is 0 Å². The van der Waals surface area contributed by atoms with Crippen molar-refractivity contribution in [3.8, 4) is 17.3 Å². The highest BCUT2D eigenvalue weighted by molar-refractivity contribution is 7.99. The summed E-state index contributed by atoms with van der Waals surface area (Å²) in [6.07, 6.45) is 8.35. The van der Waals surface area contributed by atoms with Crippen molar-refractivity contribution in [3.05, 3.63) is 53.4 Å². The molecule has 2 aromatic carbocycles. The van der Waals surface area contributed by atoms with Gasteiger partial charge in [0.2, 0.25) is 0 Å². The smallest absolute Gasteiger partial charge is 0.319 e. The van der Waals surface area contributed by atoms with Gasteiger partial charge in [0.25, 0.3) is 0 Å². The van der Waals surface area contributed by atoms with E-state index in [1.54, 1.807) is 19.3 Å². The number of benzene rings is 2. The van der Waals surface area contributed by atoms with Gasteiger partial charge >= 0.3 is 6.01 Å². The number of rotatable bonds is 6. The molecule has 0 radical (unpaired) electrons. The van der Waals surface area contributed by atoms with Crippen LogP contribution < -0.4 is 10.1 Å². The van der Waals surface area contributed by atoms with Gasteiger partial charge in [0.05, 0.1) is 17.4 Å². The number of halogens is 2. The molecule has 37 heavy (non-hydrogen) atoms. The molecule has 4 heterocycles. The van der Waals surface area contributed by atoms with Gasteiger partial charge in [-0.05, 0) is 56.5 Å². The molecule has 0 saturated carbocycles. The van der Waals surface area contributed by atoms with E-state index in [1.807, 2.05) is 42.1 Å². The number of fused-ring (bicyclic) bond motifs is 4. The molecule has 1 atom stereocenters. The summed E-state index contributed by atoms with van der Waals surface area (Å²) < 4.78 is 22.4. The van der Waals surface area contributed by atoms with Crippen molar-refractivity contribution in [1.29, 1.82) is 0 Å². The van der Waals surface area contributed by atoms with E-state index < -0.39 is 5.82 Å². The summed E-state index contributed by atoms with van der Waals surface area (Å²) in [7, 11) is 1.75. The van der Waals surface area contributed by atoms with Crippen LogP contribution in [0.4, 0.5) is 10.2 Å². The zero-order valence-electron chi connectivity index (χ0n) is 20.9. The Morgan fingerprint density at radius 1 is 1.16 bits per heavy atom. The van der Waals surface area contributed by atoms with Crippen molar-refractivity contribution in [2.75, 3.05) is 38.3 Å². The summed E-state index contributed by atoms with van der Waals surface area (Å²) in [5.74, 6) is -0.0305. The number of piperidine rings is 2. The van der Waals surface area contributed by atoms with Crippen LogP contribution in [0.15, 0.2) is 42.6 Å². The molecule has 2 aromatic heterocycles. The predicted octanol–water partition coefficient (Wildman–Crippen LogP) is 6.62. The first-order valence-electron chi connectivity index (χ1n) is 12.7. The largest absolute Gasteiger partial charge is 0.463 e. The van der Waals surface area contributed by atoms with Crippen molar-refractivity contribution >= 4 is 50.9 Å². The number of thioether (sulfide) groups is 1. The van der Waals surface area contributed by atoms with Crippen LogP contribution in [-0.2, 0) is 0 Å². The highest BCUT2D eigenvalue weighted by Gasteiger charge is 2.47. The quantitative estimate of drug-likeness (QED) is 0.296. The summed E-state index contributed by atoms with van der Waals surface area (Å²) in [5.41, 5.74) is 1.06. The number of hydrogen-bond donors (Lipinski definition) is 1. The molecular formula is C28H29ClFN5OS. The van der Waals surface area contributed by atoms with Crippen molar-refractivity contribution in [1.82, 2.24) is 19.9 Å². The minimum absolute atomic E-state index is 0.0513. The number of anilines is 1. The highest BCUT2D eigenvalue weighted by Crippen LogP contribution is 2.47. The van der Waals surface area contributed by atoms with Gasteiger partial charge in [-0.3, -0.25) is 9.88 Å². The van der Waals surface area contributed by atoms with E-state index in [2.05, 4.69) is 31.4 Å². The number of nitrogens with one attached hydrogen (secondary N) is 1. The van der Waals surface area contributed by atoms with Gasteiger partial charge < -0.3 is 10.1 Å². The summed E-state index contributed by atoms with van der Waals surface area (Å²) in [4.78, 5) is 16.2. The fourth-order valence-corrected chi connectivity index (χ4v) is 7.77. The molecule has 1 unspecified atom stereocenters. The number of pyridine rings is 1. The number of aromatic nitrogens is 3. The third kappa shape index (κ3) is 4.19. The van der Waals surface area contributed by atoms with Crippen LogP contribution in [0.2, 0.25) is 5.02 Å². The summed E-state index contributed by atoms with van der Waals surface area (Å²) in [6, 6.07) is 11.5. The average Bonchev–Trinajstić information content (AvgIpc) is 2.91.